The topological polar surface area (TPSA) is 30.7 Å². The first-order valence-electron chi connectivity index (χ1n) is 9.80. The smallest absolute Gasteiger partial charge is 0.338 e. The maximum Gasteiger partial charge on any atom is 0.338 e. The van der Waals surface area contributed by atoms with Crippen molar-refractivity contribution in [3.05, 3.63) is 107 Å². The van der Waals surface area contributed by atoms with Crippen molar-refractivity contribution in [2.24, 2.45) is 0 Å². The summed E-state index contributed by atoms with van der Waals surface area (Å²) in [6.45, 7) is 6.45. The van der Waals surface area contributed by atoms with Crippen LogP contribution in [0.1, 0.15) is 34.0 Å². The Morgan fingerprint density at radius 2 is 1.32 bits per heavy atom. The van der Waals surface area contributed by atoms with E-state index in [0.717, 1.165) is 25.2 Å². The van der Waals surface area contributed by atoms with Crippen LogP contribution in [0.3, 0.4) is 0 Å². The lowest BCUT2D eigenvalue weighted by atomic mass is 10.1. The average Bonchev–Trinajstić information content (AvgIpc) is 2.69. The number of nitrogens with one attached hydrogen (secondary N) is 1. The Kier molecular flexibility index (Phi) is 6.99. The molecule has 0 aromatic heterocycles. The molecular formula is C25H28NO2+. The number of carbonyl (C=O) groups excluding carboxylic acids is 1. The van der Waals surface area contributed by atoms with Gasteiger partial charge in [0.25, 0.3) is 0 Å². The van der Waals surface area contributed by atoms with E-state index >= 15 is 0 Å². The van der Waals surface area contributed by atoms with Gasteiger partial charge in [-0.2, -0.15) is 0 Å². The molecule has 0 saturated heterocycles. The lowest BCUT2D eigenvalue weighted by Crippen LogP contribution is -3.10. The largest absolute Gasteiger partial charge is 0.453 e. The van der Waals surface area contributed by atoms with Crippen LogP contribution < -0.4 is 4.90 Å². The SMILES string of the molecule is Cc1ccccc1C(=O)O[C@H](C)C[NH+](Cc1ccccc1)Cc1ccccc1. The fourth-order valence-corrected chi connectivity index (χ4v) is 3.47. The summed E-state index contributed by atoms with van der Waals surface area (Å²) in [5.74, 6) is -0.246. The van der Waals surface area contributed by atoms with E-state index in [-0.39, 0.29) is 12.1 Å². The zero-order valence-corrected chi connectivity index (χ0v) is 16.6. The van der Waals surface area contributed by atoms with Gasteiger partial charge in [0.15, 0.2) is 0 Å². The lowest BCUT2D eigenvalue weighted by Gasteiger charge is -2.23. The maximum atomic E-state index is 12.5. The first kappa shape index (κ1) is 19.8. The zero-order valence-electron chi connectivity index (χ0n) is 16.6. The quantitative estimate of drug-likeness (QED) is 0.608. The van der Waals surface area contributed by atoms with Gasteiger partial charge in [0.1, 0.15) is 25.7 Å². The summed E-state index contributed by atoms with van der Waals surface area (Å²) in [7, 11) is 0. The highest BCUT2D eigenvalue weighted by atomic mass is 16.5. The first-order valence-corrected chi connectivity index (χ1v) is 9.80. The van der Waals surface area contributed by atoms with E-state index in [1.54, 1.807) is 0 Å². The van der Waals surface area contributed by atoms with Crippen LogP contribution >= 0.6 is 0 Å². The molecule has 0 fully saturated rings. The van der Waals surface area contributed by atoms with E-state index in [0.29, 0.717) is 5.56 Å². The molecule has 3 aromatic rings. The Bertz CT molecular complexity index is 836. The molecule has 0 spiro atoms. The third kappa shape index (κ3) is 5.80. The Labute approximate surface area is 167 Å². The molecule has 3 nitrogen and oxygen atoms in total. The molecule has 0 bridgehead atoms. The van der Waals surface area contributed by atoms with E-state index in [4.69, 9.17) is 4.74 Å². The number of carbonyl (C=O) groups is 1. The Morgan fingerprint density at radius 1 is 0.821 bits per heavy atom. The highest BCUT2D eigenvalue weighted by Crippen LogP contribution is 2.09. The maximum absolute atomic E-state index is 12.5. The van der Waals surface area contributed by atoms with E-state index < -0.39 is 0 Å². The molecule has 144 valence electrons. The monoisotopic (exact) mass is 374 g/mol. The molecule has 0 aliphatic heterocycles. The number of esters is 1. The van der Waals surface area contributed by atoms with E-state index in [9.17, 15) is 4.79 Å². The summed E-state index contributed by atoms with van der Waals surface area (Å²) < 4.78 is 5.76. The van der Waals surface area contributed by atoms with Gasteiger partial charge in [0, 0.05) is 11.1 Å². The third-order valence-corrected chi connectivity index (χ3v) is 4.84. The molecular weight excluding hydrogens is 346 g/mol. The summed E-state index contributed by atoms with van der Waals surface area (Å²) in [6.07, 6.45) is -0.172. The van der Waals surface area contributed by atoms with Crippen LogP contribution in [-0.2, 0) is 17.8 Å². The van der Waals surface area contributed by atoms with Crippen LogP contribution in [0, 0.1) is 6.92 Å². The van der Waals surface area contributed by atoms with Gasteiger partial charge in [-0.1, -0.05) is 78.9 Å². The molecule has 1 atom stereocenters. The Hall–Kier alpha value is -2.91. The number of aryl methyl sites for hydroxylation is 1. The summed E-state index contributed by atoms with van der Waals surface area (Å²) in [6, 6.07) is 28.5. The van der Waals surface area contributed by atoms with Crippen molar-refractivity contribution in [1.82, 2.24) is 0 Å². The first-order chi connectivity index (χ1) is 13.6. The molecule has 1 N–H and O–H groups in total. The van der Waals surface area contributed by atoms with Crippen LogP contribution in [0.25, 0.3) is 0 Å². The molecule has 0 heterocycles. The van der Waals surface area contributed by atoms with Crippen molar-refractivity contribution in [1.29, 1.82) is 0 Å². The minimum Gasteiger partial charge on any atom is -0.453 e. The molecule has 0 saturated carbocycles. The van der Waals surface area contributed by atoms with Crippen molar-refractivity contribution in [3.8, 4) is 0 Å². The number of quaternary nitrogens is 1. The number of rotatable bonds is 8. The van der Waals surface area contributed by atoms with E-state index in [2.05, 4.69) is 48.5 Å². The van der Waals surface area contributed by atoms with Crippen molar-refractivity contribution < 1.29 is 14.4 Å². The third-order valence-electron chi connectivity index (χ3n) is 4.84. The van der Waals surface area contributed by atoms with Gasteiger partial charge in [0.05, 0.1) is 5.56 Å². The van der Waals surface area contributed by atoms with Gasteiger partial charge in [-0.15, -0.1) is 0 Å². The van der Waals surface area contributed by atoms with Gasteiger partial charge in [-0.3, -0.25) is 0 Å². The fraction of sp³-hybridized carbons (Fsp3) is 0.240. The predicted molar refractivity (Wildman–Crippen MR) is 112 cm³/mol. The minimum atomic E-state index is -0.246. The minimum absolute atomic E-state index is 0.172. The number of hydrogen-bond acceptors (Lipinski definition) is 2. The summed E-state index contributed by atoms with van der Waals surface area (Å²) in [5, 5.41) is 0. The second-order valence-corrected chi connectivity index (χ2v) is 7.31. The van der Waals surface area contributed by atoms with Gasteiger partial charge in [-0.05, 0) is 25.5 Å². The van der Waals surface area contributed by atoms with Gasteiger partial charge in [0.2, 0.25) is 0 Å². The molecule has 3 heteroatoms. The van der Waals surface area contributed by atoms with Crippen LogP contribution in [0.5, 0.6) is 0 Å². The fourth-order valence-electron chi connectivity index (χ4n) is 3.47. The molecule has 0 unspecified atom stereocenters. The number of benzene rings is 3. The zero-order chi connectivity index (χ0) is 19.8. The number of hydrogen-bond donors (Lipinski definition) is 1. The summed E-state index contributed by atoms with van der Waals surface area (Å²) >= 11 is 0. The second kappa shape index (κ2) is 9.86. The van der Waals surface area contributed by atoms with Crippen molar-refractivity contribution >= 4 is 5.97 Å². The van der Waals surface area contributed by atoms with Crippen molar-refractivity contribution in [2.45, 2.75) is 33.0 Å². The Balaban J connectivity index is 1.67. The van der Waals surface area contributed by atoms with Crippen molar-refractivity contribution in [3.63, 3.8) is 0 Å². The molecule has 3 rings (SSSR count). The average molecular weight is 375 g/mol. The van der Waals surface area contributed by atoms with Crippen LogP contribution in [-0.4, -0.2) is 18.6 Å². The highest BCUT2D eigenvalue weighted by Gasteiger charge is 2.20. The normalized spacial score (nSPS) is 12.0. The lowest BCUT2D eigenvalue weighted by molar-refractivity contribution is -0.930. The molecule has 0 aliphatic rings. The summed E-state index contributed by atoms with van der Waals surface area (Å²) in [5.41, 5.74) is 4.15. The van der Waals surface area contributed by atoms with E-state index in [1.807, 2.05) is 50.2 Å². The van der Waals surface area contributed by atoms with Crippen LogP contribution in [0.2, 0.25) is 0 Å². The predicted octanol–water partition coefficient (Wildman–Crippen LogP) is 3.83. The highest BCUT2D eigenvalue weighted by molar-refractivity contribution is 5.91. The summed E-state index contributed by atoms with van der Waals surface area (Å²) in [4.78, 5) is 13.9. The molecule has 0 radical (unpaired) electrons. The van der Waals surface area contributed by atoms with Crippen LogP contribution in [0.4, 0.5) is 0 Å². The molecule has 3 aromatic carbocycles. The van der Waals surface area contributed by atoms with E-state index in [1.165, 1.54) is 16.0 Å². The second-order valence-electron chi connectivity index (χ2n) is 7.31. The number of ether oxygens (including phenoxy) is 1. The van der Waals surface area contributed by atoms with Gasteiger partial charge < -0.3 is 9.64 Å². The molecule has 28 heavy (non-hydrogen) atoms. The van der Waals surface area contributed by atoms with Crippen LogP contribution in [0.15, 0.2) is 84.9 Å². The van der Waals surface area contributed by atoms with Crippen molar-refractivity contribution in [2.75, 3.05) is 6.54 Å². The molecule has 0 aliphatic carbocycles. The van der Waals surface area contributed by atoms with Gasteiger partial charge in [-0.25, -0.2) is 4.79 Å². The van der Waals surface area contributed by atoms with Gasteiger partial charge >= 0.3 is 5.97 Å². The molecule has 0 amide bonds. The Morgan fingerprint density at radius 3 is 1.86 bits per heavy atom. The standard InChI is InChI=1S/C25H27NO2/c1-20-11-9-10-16-24(20)25(27)28-21(2)17-26(18-22-12-5-3-6-13-22)19-23-14-7-4-8-15-23/h3-16,21H,17-19H2,1-2H3/p+1/t21-/m1/s1.